The molecule has 2 N–H and O–H groups in total. The van der Waals surface area contributed by atoms with Crippen molar-refractivity contribution in [1.82, 2.24) is 15.2 Å². The van der Waals surface area contributed by atoms with Crippen LogP contribution in [-0.2, 0) is 9.59 Å². The number of halogens is 2. The first-order valence-corrected chi connectivity index (χ1v) is 10.7. The lowest BCUT2D eigenvalue weighted by Gasteiger charge is -2.31. The highest BCUT2D eigenvalue weighted by Gasteiger charge is 2.27. The molecule has 1 saturated heterocycles. The van der Waals surface area contributed by atoms with Crippen molar-refractivity contribution in [1.29, 1.82) is 0 Å². The lowest BCUT2D eigenvalue weighted by molar-refractivity contribution is -0.133. The Bertz CT molecular complexity index is 1040. The predicted molar refractivity (Wildman–Crippen MR) is 119 cm³/mol. The van der Waals surface area contributed by atoms with Crippen molar-refractivity contribution >= 4 is 23.5 Å². The van der Waals surface area contributed by atoms with E-state index < -0.39 is 12.5 Å². The molecule has 2 aromatic rings. The number of aromatic nitrogens is 1. The number of hydrogen-bond donors (Lipinski definition) is 2. The number of nitrogens with one attached hydrogen (secondary N) is 2. The van der Waals surface area contributed by atoms with Crippen LogP contribution in [0.25, 0.3) is 0 Å². The van der Waals surface area contributed by atoms with E-state index in [4.69, 9.17) is 4.74 Å². The fourth-order valence-electron chi connectivity index (χ4n) is 3.60. The number of pyridine rings is 1. The predicted octanol–water partition coefficient (Wildman–Crippen LogP) is 2.61. The van der Waals surface area contributed by atoms with Crippen LogP contribution in [0.1, 0.15) is 28.8 Å². The smallest absolute Gasteiger partial charge is 0.387 e. The first-order valence-electron chi connectivity index (χ1n) is 10.7. The summed E-state index contributed by atoms with van der Waals surface area (Å²) in [7, 11) is 1.26. The summed E-state index contributed by atoms with van der Waals surface area (Å²) in [6, 6.07) is 7.38. The molecule has 9 nitrogen and oxygen atoms in total. The van der Waals surface area contributed by atoms with Crippen molar-refractivity contribution in [2.75, 3.05) is 32.1 Å². The molecule has 1 aliphatic heterocycles. The van der Waals surface area contributed by atoms with E-state index >= 15 is 0 Å². The molecule has 0 spiro atoms. The lowest BCUT2D eigenvalue weighted by atomic mass is 9.96. The molecule has 0 bridgehead atoms. The van der Waals surface area contributed by atoms with E-state index in [0.29, 0.717) is 31.7 Å². The third-order valence-electron chi connectivity index (χ3n) is 5.43. The Morgan fingerprint density at radius 1 is 1.15 bits per heavy atom. The van der Waals surface area contributed by atoms with E-state index in [2.05, 4.69) is 20.4 Å². The van der Waals surface area contributed by atoms with Crippen LogP contribution in [0.15, 0.2) is 36.5 Å². The number of hydrogen-bond acceptors (Lipinski definition) is 6. The first-order chi connectivity index (χ1) is 16.3. The Morgan fingerprint density at radius 3 is 2.53 bits per heavy atom. The molecule has 1 aromatic carbocycles. The molecule has 0 saturated carbocycles. The Balaban J connectivity index is 1.47. The summed E-state index contributed by atoms with van der Waals surface area (Å²) in [4.78, 5) is 43.1. The van der Waals surface area contributed by atoms with Gasteiger partial charge in [-0.2, -0.15) is 8.78 Å². The van der Waals surface area contributed by atoms with Crippen molar-refractivity contribution in [3.8, 4) is 11.5 Å². The zero-order chi connectivity index (χ0) is 24.7. The zero-order valence-electron chi connectivity index (χ0n) is 18.8. The van der Waals surface area contributed by atoms with Gasteiger partial charge in [0.15, 0.2) is 11.5 Å². The second kappa shape index (κ2) is 11.4. The maximum atomic E-state index is 12.5. The van der Waals surface area contributed by atoms with Gasteiger partial charge >= 0.3 is 6.61 Å². The van der Waals surface area contributed by atoms with Crippen molar-refractivity contribution < 1.29 is 32.6 Å². The van der Waals surface area contributed by atoms with Gasteiger partial charge < -0.3 is 25.0 Å². The SMILES string of the molecule is COc1cc(C(=O)NCC(=O)N2CCC(C(=O)Nc3cc(C)ccn3)CC2)ccc1OC(F)F. The molecule has 34 heavy (non-hydrogen) atoms. The minimum Gasteiger partial charge on any atom is -0.493 e. The molecular weight excluding hydrogens is 450 g/mol. The summed E-state index contributed by atoms with van der Waals surface area (Å²) < 4.78 is 34.2. The molecule has 11 heteroatoms. The van der Waals surface area contributed by atoms with Crippen LogP contribution >= 0.6 is 0 Å². The quantitative estimate of drug-likeness (QED) is 0.606. The standard InChI is InChI=1S/C23H26F2N4O5/c1-14-5-8-26-19(11-14)28-22(32)15-6-9-29(10-7-15)20(30)13-27-21(31)16-3-4-17(34-23(24)25)18(12-16)33-2/h3-5,8,11-12,15,23H,6-7,9-10,13H2,1-2H3,(H,27,31)(H,26,28,32). The van der Waals surface area contributed by atoms with Crippen LogP contribution < -0.4 is 20.1 Å². The third kappa shape index (κ3) is 6.63. The summed E-state index contributed by atoms with van der Waals surface area (Å²) in [6.07, 6.45) is 2.63. The van der Waals surface area contributed by atoms with E-state index in [-0.39, 0.29) is 41.3 Å². The number of nitrogens with zero attached hydrogens (tertiary/aromatic N) is 2. The van der Waals surface area contributed by atoms with Gasteiger partial charge in [-0.05, 0) is 55.7 Å². The van der Waals surface area contributed by atoms with Gasteiger partial charge in [-0.1, -0.05) is 0 Å². The zero-order valence-corrected chi connectivity index (χ0v) is 18.8. The number of likely N-dealkylation sites (tertiary alicyclic amines) is 1. The number of piperidine rings is 1. The number of benzene rings is 1. The number of anilines is 1. The van der Waals surface area contributed by atoms with Gasteiger partial charge in [0.05, 0.1) is 13.7 Å². The van der Waals surface area contributed by atoms with Gasteiger partial charge in [-0.15, -0.1) is 0 Å². The summed E-state index contributed by atoms with van der Waals surface area (Å²) in [5.41, 5.74) is 1.12. The number of rotatable bonds is 8. The fraction of sp³-hybridized carbons (Fsp3) is 0.391. The van der Waals surface area contributed by atoms with Gasteiger partial charge in [-0.25, -0.2) is 4.98 Å². The molecule has 2 heterocycles. The molecule has 0 aliphatic carbocycles. The molecule has 1 aromatic heterocycles. The van der Waals surface area contributed by atoms with Crippen molar-refractivity contribution in [3.05, 3.63) is 47.7 Å². The van der Waals surface area contributed by atoms with Gasteiger partial charge in [0.25, 0.3) is 5.91 Å². The molecule has 3 rings (SSSR count). The highest BCUT2D eigenvalue weighted by molar-refractivity contribution is 5.97. The average Bonchev–Trinajstić information content (AvgIpc) is 2.82. The fourth-order valence-corrected chi connectivity index (χ4v) is 3.60. The minimum absolute atomic E-state index is 0.0273. The number of amides is 3. The van der Waals surface area contributed by atoms with Crippen LogP contribution in [0.4, 0.5) is 14.6 Å². The number of ether oxygens (including phenoxy) is 2. The average molecular weight is 476 g/mol. The minimum atomic E-state index is -3.03. The molecular formula is C23H26F2N4O5. The van der Waals surface area contributed by atoms with Crippen molar-refractivity contribution in [3.63, 3.8) is 0 Å². The van der Waals surface area contributed by atoms with Crippen LogP contribution in [-0.4, -0.2) is 61.0 Å². The van der Waals surface area contributed by atoms with Crippen LogP contribution in [0.2, 0.25) is 0 Å². The molecule has 0 unspecified atom stereocenters. The topological polar surface area (TPSA) is 110 Å². The number of methoxy groups -OCH3 is 1. The molecule has 0 atom stereocenters. The Hall–Kier alpha value is -3.76. The van der Waals surface area contributed by atoms with E-state index in [0.717, 1.165) is 5.56 Å². The molecule has 1 aliphatic rings. The largest absolute Gasteiger partial charge is 0.493 e. The number of carbonyl (C=O) groups excluding carboxylic acids is 3. The monoisotopic (exact) mass is 476 g/mol. The second-order valence-electron chi connectivity index (χ2n) is 7.79. The van der Waals surface area contributed by atoms with Gasteiger partial charge in [0.1, 0.15) is 5.82 Å². The first kappa shape index (κ1) is 24.9. The Kier molecular flexibility index (Phi) is 8.34. The second-order valence-corrected chi connectivity index (χ2v) is 7.79. The number of aryl methyl sites for hydroxylation is 1. The summed E-state index contributed by atoms with van der Waals surface area (Å²) in [5, 5.41) is 5.32. The van der Waals surface area contributed by atoms with Crippen LogP contribution in [0.5, 0.6) is 11.5 Å². The van der Waals surface area contributed by atoms with Crippen LogP contribution in [0.3, 0.4) is 0 Å². The van der Waals surface area contributed by atoms with E-state index in [1.54, 1.807) is 17.2 Å². The van der Waals surface area contributed by atoms with Gasteiger partial charge in [0, 0.05) is 30.8 Å². The maximum absolute atomic E-state index is 12.5. The van der Waals surface area contributed by atoms with E-state index in [9.17, 15) is 23.2 Å². The number of carbonyl (C=O) groups is 3. The molecule has 182 valence electrons. The highest BCUT2D eigenvalue weighted by atomic mass is 19.3. The Labute approximate surface area is 195 Å². The summed E-state index contributed by atoms with van der Waals surface area (Å²) in [5.74, 6) is -0.936. The third-order valence-corrected chi connectivity index (χ3v) is 5.43. The molecule has 3 amide bonds. The molecule has 0 radical (unpaired) electrons. The van der Waals surface area contributed by atoms with E-state index in [1.165, 1.54) is 25.3 Å². The summed E-state index contributed by atoms with van der Waals surface area (Å²) in [6.45, 7) is -0.572. The summed E-state index contributed by atoms with van der Waals surface area (Å²) >= 11 is 0. The van der Waals surface area contributed by atoms with Crippen LogP contribution in [0, 0.1) is 12.8 Å². The molecule has 1 fully saturated rings. The Morgan fingerprint density at radius 2 is 1.88 bits per heavy atom. The maximum Gasteiger partial charge on any atom is 0.387 e. The number of alkyl halides is 2. The van der Waals surface area contributed by atoms with Gasteiger partial charge in [0.2, 0.25) is 11.8 Å². The van der Waals surface area contributed by atoms with Crippen molar-refractivity contribution in [2.24, 2.45) is 5.92 Å². The van der Waals surface area contributed by atoms with Gasteiger partial charge in [-0.3, -0.25) is 14.4 Å². The normalized spacial score (nSPS) is 14.0. The van der Waals surface area contributed by atoms with Crippen molar-refractivity contribution in [2.45, 2.75) is 26.4 Å². The van der Waals surface area contributed by atoms with E-state index in [1.807, 2.05) is 13.0 Å². The lowest BCUT2D eigenvalue weighted by Crippen LogP contribution is -2.45. The highest BCUT2D eigenvalue weighted by Crippen LogP contribution is 2.29.